The molecule has 0 bridgehead atoms. The molecule has 0 fully saturated rings. The highest BCUT2D eigenvalue weighted by Crippen LogP contribution is 2.22. The standard InChI is InChI=1S/C15H14Cl2N8O2/c1-2-4-11-12(20-24-25(11)14-13(18)22-27-23-14)15(26)21-19-7-8-9(16)5-3-6-10(8)17/h3,5-7H,2,4H2,1H3,(H2,18,22)(H,21,26)/b19-7+. The maximum atomic E-state index is 12.5. The zero-order valence-electron chi connectivity index (χ0n) is 14.1. The molecule has 3 rings (SSSR count). The molecule has 140 valence electrons. The Balaban J connectivity index is 1.84. The number of aromatic nitrogens is 5. The molecular formula is C15H14Cl2N8O2. The topological polar surface area (TPSA) is 137 Å². The number of halogens is 2. The number of hydrogen-bond acceptors (Lipinski definition) is 8. The van der Waals surface area contributed by atoms with Gasteiger partial charge in [0.1, 0.15) is 0 Å². The van der Waals surface area contributed by atoms with E-state index in [9.17, 15) is 4.79 Å². The van der Waals surface area contributed by atoms with E-state index >= 15 is 0 Å². The lowest BCUT2D eigenvalue weighted by Gasteiger charge is -2.04. The molecular weight excluding hydrogens is 395 g/mol. The van der Waals surface area contributed by atoms with Crippen LogP contribution in [0.25, 0.3) is 5.82 Å². The third-order valence-corrected chi connectivity index (χ3v) is 4.18. The van der Waals surface area contributed by atoms with Crippen molar-refractivity contribution in [3.8, 4) is 5.82 Å². The minimum absolute atomic E-state index is 0.0376. The molecule has 12 heteroatoms. The van der Waals surface area contributed by atoms with E-state index in [1.807, 2.05) is 6.92 Å². The van der Waals surface area contributed by atoms with Crippen molar-refractivity contribution in [2.24, 2.45) is 5.10 Å². The van der Waals surface area contributed by atoms with Crippen molar-refractivity contribution in [3.63, 3.8) is 0 Å². The third kappa shape index (κ3) is 3.91. The van der Waals surface area contributed by atoms with Crippen LogP contribution in [0.15, 0.2) is 27.9 Å². The molecule has 27 heavy (non-hydrogen) atoms. The van der Waals surface area contributed by atoms with Crippen molar-refractivity contribution in [3.05, 3.63) is 45.2 Å². The fraction of sp³-hybridized carbons (Fsp3) is 0.200. The molecule has 0 aliphatic rings. The minimum atomic E-state index is -0.556. The maximum Gasteiger partial charge on any atom is 0.293 e. The summed E-state index contributed by atoms with van der Waals surface area (Å²) in [7, 11) is 0. The van der Waals surface area contributed by atoms with Gasteiger partial charge in [0.05, 0.1) is 22.0 Å². The van der Waals surface area contributed by atoms with Gasteiger partial charge in [-0.1, -0.05) is 47.8 Å². The first-order valence-corrected chi connectivity index (χ1v) is 8.59. The van der Waals surface area contributed by atoms with Crippen LogP contribution in [0.4, 0.5) is 5.82 Å². The molecule has 2 aromatic heterocycles. The van der Waals surface area contributed by atoms with Gasteiger partial charge in [-0.15, -0.1) is 5.10 Å². The molecule has 0 aliphatic heterocycles. The van der Waals surface area contributed by atoms with E-state index in [0.29, 0.717) is 27.7 Å². The Morgan fingerprint density at radius 2 is 2.11 bits per heavy atom. The van der Waals surface area contributed by atoms with Crippen LogP contribution in [-0.4, -0.2) is 37.4 Å². The molecule has 0 radical (unpaired) electrons. The number of nitrogens with zero attached hydrogens (tertiary/aromatic N) is 6. The zero-order valence-corrected chi connectivity index (χ0v) is 15.6. The van der Waals surface area contributed by atoms with Gasteiger partial charge >= 0.3 is 0 Å². The van der Waals surface area contributed by atoms with E-state index < -0.39 is 5.91 Å². The lowest BCUT2D eigenvalue weighted by atomic mass is 10.2. The minimum Gasteiger partial charge on any atom is -0.378 e. The first kappa shape index (κ1) is 18.8. The first-order valence-electron chi connectivity index (χ1n) is 7.83. The monoisotopic (exact) mass is 408 g/mol. The van der Waals surface area contributed by atoms with Gasteiger partial charge in [-0.25, -0.2) is 10.1 Å². The zero-order chi connectivity index (χ0) is 19.4. The van der Waals surface area contributed by atoms with Crippen molar-refractivity contribution < 1.29 is 9.42 Å². The van der Waals surface area contributed by atoms with Crippen LogP contribution in [0, 0.1) is 0 Å². The third-order valence-electron chi connectivity index (χ3n) is 3.52. The molecule has 0 spiro atoms. The predicted octanol–water partition coefficient (Wildman–Crippen LogP) is 2.26. The van der Waals surface area contributed by atoms with Gasteiger partial charge in [0.15, 0.2) is 5.69 Å². The second kappa shape index (κ2) is 8.14. The molecule has 2 heterocycles. The number of carbonyl (C=O) groups excluding carboxylic acids is 1. The first-order chi connectivity index (χ1) is 13.0. The number of nitrogens with two attached hydrogens (primary N) is 1. The Morgan fingerprint density at radius 3 is 2.74 bits per heavy atom. The predicted molar refractivity (Wildman–Crippen MR) is 99.1 cm³/mol. The molecule has 0 aliphatic carbocycles. The number of benzene rings is 1. The fourth-order valence-electron chi connectivity index (χ4n) is 2.29. The summed E-state index contributed by atoms with van der Waals surface area (Å²) in [6, 6.07) is 5.04. The van der Waals surface area contributed by atoms with Crippen molar-refractivity contribution in [2.75, 3.05) is 5.73 Å². The van der Waals surface area contributed by atoms with Crippen LogP contribution in [0.1, 0.15) is 35.1 Å². The van der Waals surface area contributed by atoms with Crippen molar-refractivity contribution in [2.45, 2.75) is 19.8 Å². The Bertz CT molecular complexity index is 977. The van der Waals surface area contributed by atoms with E-state index in [1.54, 1.807) is 18.2 Å². The van der Waals surface area contributed by atoms with Gasteiger partial charge in [0, 0.05) is 5.56 Å². The van der Waals surface area contributed by atoms with E-state index in [2.05, 4.69) is 35.8 Å². The molecule has 3 N–H and O–H groups in total. The van der Waals surface area contributed by atoms with E-state index in [-0.39, 0.29) is 17.3 Å². The number of anilines is 1. The Morgan fingerprint density at radius 1 is 1.37 bits per heavy atom. The van der Waals surface area contributed by atoms with Gasteiger partial charge in [-0.05, 0) is 28.9 Å². The summed E-state index contributed by atoms with van der Waals surface area (Å²) in [6.45, 7) is 1.95. The van der Waals surface area contributed by atoms with Crippen LogP contribution in [0.5, 0.6) is 0 Å². The van der Waals surface area contributed by atoms with E-state index in [1.165, 1.54) is 10.9 Å². The van der Waals surface area contributed by atoms with E-state index in [0.717, 1.165) is 6.42 Å². The van der Waals surface area contributed by atoms with Crippen LogP contribution in [-0.2, 0) is 6.42 Å². The summed E-state index contributed by atoms with van der Waals surface area (Å²) in [5.41, 5.74) is 9.15. The highest BCUT2D eigenvalue weighted by atomic mass is 35.5. The van der Waals surface area contributed by atoms with Crippen molar-refractivity contribution >= 4 is 41.1 Å². The average molecular weight is 409 g/mol. The molecule has 1 amide bonds. The second-order valence-corrected chi connectivity index (χ2v) is 6.17. The SMILES string of the molecule is CCCc1c(C(=O)N/N=C/c2c(Cl)cccc2Cl)nnn1-c1nonc1N. The largest absolute Gasteiger partial charge is 0.378 e. The van der Waals surface area contributed by atoms with Gasteiger partial charge < -0.3 is 5.73 Å². The van der Waals surface area contributed by atoms with Gasteiger partial charge in [0.25, 0.3) is 5.91 Å². The normalized spacial score (nSPS) is 11.2. The van der Waals surface area contributed by atoms with Gasteiger partial charge in [0.2, 0.25) is 11.6 Å². The summed E-state index contributed by atoms with van der Waals surface area (Å²) >= 11 is 12.1. The number of nitrogen functional groups attached to an aromatic ring is 1. The van der Waals surface area contributed by atoms with E-state index in [4.69, 9.17) is 28.9 Å². The summed E-state index contributed by atoms with van der Waals surface area (Å²) in [5, 5.41) is 19.7. The molecule has 0 saturated carbocycles. The Kier molecular flexibility index (Phi) is 5.67. The smallest absolute Gasteiger partial charge is 0.293 e. The average Bonchev–Trinajstić information content (AvgIpc) is 3.23. The molecule has 3 aromatic rings. The fourth-order valence-corrected chi connectivity index (χ4v) is 2.78. The van der Waals surface area contributed by atoms with Crippen LogP contribution in [0.3, 0.4) is 0 Å². The number of carbonyl (C=O) groups is 1. The maximum absolute atomic E-state index is 12.5. The summed E-state index contributed by atoms with van der Waals surface area (Å²) in [5.74, 6) is -0.355. The number of amides is 1. The molecule has 1 aromatic carbocycles. The summed E-state index contributed by atoms with van der Waals surface area (Å²) in [4.78, 5) is 12.5. The van der Waals surface area contributed by atoms with Gasteiger partial charge in [-0.2, -0.15) is 9.78 Å². The number of hydrogen-bond donors (Lipinski definition) is 2. The van der Waals surface area contributed by atoms with Crippen molar-refractivity contribution in [1.82, 2.24) is 30.7 Å². The molecule has 0 saturated heterocycles. The van der Waals surface area contributed by atoms with Gasteiger partial charge in [-0.3, -0.25) is 4.79 Å². The highest BCUT2D eigenvalue weighted by Gasteiger charge is 2.23. The summed E-state index contributed by atoms with van der Waals surface area (Å²) < 4.78 is 5.89. The highest BCUT2D eigenvalue weighted by molar-refractivity contribution is 6.38. The number of rotatable bonds is 6. The Hall–Kier alpha value is -2.98. The van der Waals surface area contributed by atoms with Crippen LogP contribution >= 0.6 is 23.2 Å². The van der Waals surface area contributed by atoms with Crippen LogP contribution < -0.4 is 11.2 Å². The summed E-state index contributed by atoms with van der Waals surface area (Å²) in [6.07, 6.45) is 2.59. The molecule has 10 nitrogen and oxygen atoms in total. The van der Waals surface area contributed by atoms with Crippen LogP contribution in [0.2, 0.25) is 10.0 Å². The van der Waals surface area contributed by atoms with Crippen molar-refractivity contribution in [1.29, 1.82) is 0 Å². The quantitative estimate of drug-likeness (QED) is 0.471. The molecule has 0 unspecified atom stereocenters. The number of nitrogens with one attached hydrogen (secondary N) is 1. The number of hydrazone groups is 1. The second-order valence-electron chi connectivity index (χ2n) is 5.35. The Labute approximate surface area is 163 Å². The molecule has 0 atom stereocenters. The lowest BCUT2D eigenvalue weighted by molar-refractivity contribution is 0.0949. The lowest BCUT2D eigenvalue weighted by Crippen LogP contribution is -2.20.